The van der Waals surface area contributed by atoms with E-state index < -0.39 is 11.9 Å². The van der Waals surface area contributed by atoms with Crippen molar-refractivity contribution in [3.63, 3.8) is 0 Å². The second-order valence-electron chi connectivity index (χ2n) is 3.26. The van der Waals surface area contributed by atoms with Gasteiger partial charge in [0.25, 0.3) is 0 Å². The number of carbonyl (C=O) groups excluding carboxylic acids is 2. The number of rotatable bonds is 8. The first-order chi connectivity index (χ1) is 7.16. The van der Waals surface area contributed by atoms with Crippen molar-refractivity contribution >= 4 is 11.9 Å². The predicted molar refractivity (Wildman–Crippen MR) is 52.3 cm³/mol. The molecular weight excluding hydrogens is 200 g/mol. The van der Waals surface area contributed by atoms with E-state index in [9.17, 15) is 9.59 Å². The first-order valence-electron chi connectivity index (χ1n) is 5.21. The van der Waals surface area contributed by atoms with E-state index in [1.807, 2.05) is 0 Å². The van der Waals surface area contributed by atoms with E-state index in [0.717, 1.165) is 26.2 Å². The molecule has 0 N–H and O–H groups in total. The maximum Gasteiger partial charge on any atom is 0.346 e. The van der Waals surface area contributed by atoms with Gasteiger partial charge in [-0.1, -0.05) is 32.6 Å². The van der Waals surface area contributed by atoms with Crippen molar-refractivity contribution in [1.82, 2.24) is 0 Å². The highest BCUT2D eigenvalue weighted by molar-refractivity contribution is 5.68. The van der Waals surface area contributed by atoms with E-state index in [-0.39, 0.29) is 6.42 Å². The lowest BCUT2D eigenvalue weighted by Gasteiger charge is -2.00. The molecule has 5 heteroatoms. The first kappa shape index (κ1) is 13.9. The minimum atomic E-state index is -0.661. The average molecular weight is 218 g/mol. The lowest BCUT2D eigenvalue weighted by molar-refractivity contribution is -0.458. The minimum absolute atomic E-state index is 0.283. The molecule has 0 fully saturated rings. The van der Waals surface area contributed by atoms with Crippen molar-refractivity contribution in [2.24, 2.45) is 0 Å². The molecule has 0 aliphatic carbocycles. The van der Waals surface area contributed by atoms with Crippen molar-refractivity contribution in [2.75, 3.05) is 0 Å². The van der Waals surface area contributed by atoms with Crippen LogP contribution < -0.4 is 0 Å². The molecule has 0 aliphatic rings. The van der Waals surface area contributed by atoms with Crippen LogP contribution in [0.4, 0.5) is 0 Å². The summed E-state index contributed by atoms with van der Waals surface area (Å²) in [5.41, 5.74) is 0. The Morgan fingerprint density at radius 3 is 2.27 bits per heavy atom. The largest absolute Gasteiger partial charge is 0.346 e. The molecule has 0 heterocycles. The van der Waals surface area contributed by atoms with E-state index in [1.54, 1.807) is 0 Å². The Hall–Kier alpha value is -1.10. The summed E-state index contributed by atoms with van der Waals surface area (Å²) in [6.45, 7) is 3.28. The molecule has 0 aliphatic heterocycles. The van der Waals surface area contributed by atoms with Crippen molar-refractivity contribution in [3.05, 3.63) is 0 Å². The number of hydrogen-bond donors (Lipinski definition) is 0. The topological polar surface area (TPSA) is 61.8 Å². The summed E-state index contributed by atoms with van der Waals surface area (Å²) >= 11 is 0. The monoisotopic (exact) mass is 218 g/mol. The molecular formula is C10H18O5. The van der Waals surface area contributed by atoms with Gasteiger partial charge in [-0.3, -0.25) is 9.78 Å². The molecule has 0 saturated heterocycles. The van der Waals surface area contributed by atoms with E-state index in [2.05, 4.69) is 21.7 Å². The maximum atomic E-state index is 10.9. The van der Waals surface area contributed by atoms with Crippen molar-refractivity contribution in [3.8, 4) is 0 Å². The second-order valence-corrected chi connectivity index (χ2v) is 3.26. The molecule has 0 spiro atoms. The Kier molecular flexibility index (Phi) is 8.76. The van der Waals surface area contributed by atoms with Gasteiger partial charge in [0.15, 0.2) is 0 Å². The third-order valence-corrected chi connectivity index (χ3v) is 1.76. The quantitative estimate of drug-likeness (QED) is 0.355. The highest BCUT2D eigenvalue weighted by Gasteiger charge is 2.05. The molecule has 0 unspecified atom stereocenters. The molecule has 0 radical (unpaired) electrons. The zero-order valence-electron chi connectivity index (χ0n) is 9.28. The summed E-state index contributed by atoms with van der Waals surface area (Å²) in [4.78, 5) is 29.3. The van der Waals surface area contributed by atoms with Gasteiger partial charge in [0.1, 0.15) is 0 Å². The van der Waals surface area contributed by atoms with E-state index in [0.29, 0.717) is 0 Å². The van der Waals surface area contributed by atoms with Gasteiger partial charge >= 0.3 is 11.9 Å². The lowest BCUT2D eigenvalue weighted by atomic mass is 10.1. The molecule has 0 rings (SSSR count). The summed E-state index contributed by atoms with van der Waals surface area (Å²) in [5, 5.41) is 3.94. The van der Waals surface area contributed by atoms with Crippen LogP contribution in [0.15, 0.2) is 0 Å². The minimum Gasteiger partial charge on any atom is -0.260 e. The zero-order valence-corrected chi connectivity index (χ0v) is 9.28. The first-order valence-corrected chi connectivity index (χ1v) is 5.21. The Morgan fingerprint density at radius 1 is 1.00 bits per heavy atom. The Bertz CT molecular complexity index is 190. The summed E-state index contributed by atoms with van der Waals surface area (Å²) in [7, 11) is 0. The second kappa shape index (κ2) is 9.45. The number of hydrogen-bond acceptors (Lipinski definition) is 5. The van der Waals surface area contributed by atoms with Gasteiger partial charge in [0, 0.05) is 18.4 Å². The van der Waals surface area contributed by atoms with Gasteiger partial charge in [-0.15, -0.1) is 0 Å². The fourth-order valence-electron chi connectivity index (χ4n) is 1.02. The summed E-state index contributed by atoms with van der Waals surface area (Å²) < 4.78 is 0. The van der Waals surface area contributed by atoms with E-state index in [1.165, 1.54) is 12.8 Å². The Balaban J connectivity index is 3.22. The molecule has 15 heavy (non-hydrogen) atoms. The molecule has 0 bridgehead atoms. The highest BCUT2D eigenvalue weighted by Crippen LogP contribution is 2.05. The number of carbonyl (C=O) groups is 2. The van der Waals surface area contributed by atoms with Gasteiger partial charge in [-0.05, 0) is 6.42 Å². The van der Waals surface area contributed by atoms with Crippen LogP contribution in [0.1, 0.15) is 52.4 Å². The van der Waals surface area contributed by atoms with Crippen molar-refractivity contribution < 1.29 is 24.4 Å². The van der Waals surface area contributed by atoms with E-state index in [4.69, 9.17) is 0 Å². The van der Waals surface area contributed by atoms with Gasteiger partial charge in [-0.25, -0.2) is 9.59 Å². The van der Waals surface area contributed by atoms with Crippen molar-refractivity contribution in [2.45, 2.75) is 52.4 Å². The molecule has 0 aromatic carbocycles. The third-order valence-electron chi connectivity index (χ3n) is 1.76. The van der Waals surface area contributed by atoms with Crippen LogP contribution in [0, 0.1) is 0 Å². The van der Waals surface area contributed by atoms with Gasteiger partial charge < -0.3 is 0 Å². The van der Waals surface area contributed by atoms with Crippen molar-refractivity contribution in [1.29, 1.82) is 0 Å². The van der Waals surface area contributed by atoms with Crippen LogP contribution in [-0.4, -0.2) is 11.9 Å². The smallest absolute Gasteiger partial charge is 0.260 e. The zero-order chi connectivity index (χ0) is 11.5. The van der Waals surface area contributed by atoms with Gasteiger partial charge in [-0.2, -0.15) is 0 Å². The average Bonchev–Trinajstić information content (AvgIpc) is 2.17. The van der Waals surface area contributed by atoms with Crippen LogP contribution in [0.25, 0.3) is 0 Å². The molecule has 0 aromatic heterocycles. The fraction of sp³-hybridized carbons (Fsp3) is 0.800. The van der Waals surface area contributed by atoms with Crippen LogP contribution in [0.5, 0.6) is 0 Å². The fourth-order valence-corrected chi connectivity index (χ4v) is 1.02. The molecule has 5 nitrogen and oxygen atoms in total. The number of unbranched alkanes of at least 4 members (excludes halogenated alkanes) is 4. The SMILES string of the molecule is CCCCCCCC(=O)OOOC(C)=O. The summed E-state index contributed by atoms with van der Waals surface area (Å²) in [6, 6.07) is 0. The van der Waals surface area contributed by atoms with Crippen LogP contribution in [0.3, 0.4) is 0 Å². The van der Waals surface area contributed by atoms with Crippen LogP contribution >= 0.6 is 0 Å². The van der Waals surface area contributed by atoms with Gasteiger partial charge in [0.2, 0.25) is 0 Å². The lowest BCUT2D eigenvalue weighted by Crippen LogP contribution is -2.08. The Morgan fingerprint density at radius 2 is 1.67 bits per heavy atom. The van der Waals surface area contributed by atoms with Crippen LogP contribution in [-0.2, 0) is 24.4 Å². The predicted octanol–water partition coefficient (Wildman–Crippen LogP) is 2.30. The van der Waals surface area contributed by atoms with Gasteiger partial charge in [0.05, 0.1) is 0 Å². The maximum absolute atomic E-state index is 10.9. The summed E-state index contributed by atoms with van der Waals surface area (Å²) in [5.74, 6) is -1.18. The van der Waals surface area contributed by atoms with Crippen LogP contribution in [0.2, 0.25) is 0 Å². The Labute approximate surface area is 89.5 Å². The molecule has 0 atom stereocenters. The molecule has 0 saturated carbocycles. The van der Waals surface area contributed by atoms with E-state index >= 15 is 0 Å². The molecule has 88 valence electrons. The third kappa shape index (κ3) is 10.8. The summed E-state index contributed by atoms with van der Waals surface area (Å²) in [6.07, 6.45) is 5.51. The molecule has 0 aromatic rings. The normalized spacial score (nSPS) is 9.73. The molecule has 0 amide bonds. The highest BCUT2D eigenvalue weighted by atomic mass is 17.5. The standard InChI is InChI=1S/C10H18O5/c1-3-4-5-6-7-8-10(12)14-15-13-9(2)11/h3-8H2,1-2H3.